The minimum Gasteiger partial charge on any atom is -0.416 e. The van der Waals surface area contributed by atoms with Crippen molar-refractivity contribution in [2.45, 2.75) is 0 Å². The smallest absolute Gasteiger partial charge is 0.244 e. The van der Waals surface area contributed by atoms with Gasteiger partial charge in [-0.1, -0.05) is 0 Å². The van der Waals surface area contributed by atoms with Gasteiger partial charge in [0.25, 0.3) is 0 Å². The molecule has 0 aromatic carbocycles. The van der Waals surface area contributed by atoms with E-state index in [9.17, 15) is 0 Å². The molecule has 0 fully saturated rings. The van der Waals surface area contributed by atoms with E-state index in [0.717, 1.165) is 0 Å². The highest BCUT2D eigenvalue weighted by molar-refractivity contribution is 6.27. The van der Waals surface area contributed by atoms with E-state index < -0.39 is 0 Å². The maximum atomic E-state index is 5.29. The molecule has 0 aliphatic rings. The third-order valence-electron chi connectivity index (χ3n) is 1.31. The maximum absolute atomic E-state index is 5.29. The molecule has 0 atom stereocenters. The molecular weight excluding hydrogens is 174 g/mol. The van der Waals surface area contributed by atoms with Crippen molar-refractivity contribution in [3.63, 3.8) is 0 Å². The molecule has 0 bridgehead atoms. The molecule has 5 heteroatoms. The lowest BCUT2D eigenvalue weighted by atomic mass is 10.2. The predicted molar refractivity (Wildman–Crippen MR) is 48.0 cm³/mol. The second-order valence-electron chi connectivity index (χ2n) is 2.44. The van der Waals surface area contributed by atoms with Gasteiger partial charge in [0.2, 0.25) is 9.76 Å². The largest absolute Gasteiger partial charge is 0.416 e. The SMILES string of the molecule is COCC(COC)CO[Si]CN. The molecule has 0 rings (SSSR count). The van der Waals surface area contributed by atoms with E-state index in [0.29, 0.717) is 41.7 Å². The zero-order valence-corrected chi connectivity index (χ0v) is 8.71. The third-order valence-corrected chi connectivity index (χ3v) is 1.85. The van der Waals surface area contributed by atoms with Gasteiger partial charge in [0.15, 0.2) is 0 Å². The van der Waals surface area contributed by atoms with Crippen molar-refractivity contribution < 1.29 is 13.9 Å². The summed E-state index contributed by atoms with van der Waals surface area (Å²) in [5, 5.41) is 0. The molecule has 0 aromatic rings. The van der Waals surface area contributed by atoms with Crippen LogP contribution in [0.15, 0.2) is 0 Å². The van der Waals surface area contributed by atoms with Gasteiger partial charge >= 0.3 is 0 Å². The highest BCUT2D eigenvalue weighted by Crippen LogP contribution is 1.97. The number of hydrogen-bond acceptors (Lipinski definition) is 4. The van der Waals surface area contributed by atoms with Crippen molar-refractivity contribution in [2.24, 2.45) is 11.7 Å². The molecule has 0 heterocycles. The van der Waals surface area contributed by atoms with Gasteiger partial charge < -0.3 is 19.6 Å². The van der Waals surface area contributed by atoms with Crippen LogP contribution >= 0.6 is 0 Å². The van der Waals surface area contributed by atoms with Gasteiger partial charge in [-0.3, -0.25) is 0 Å². The summed E-state index contributed by atoms with van der Waals surface area (Å²) < 4.78 is 15.3. The Morgan fingerprint density at radius 1 is 1.17 bits per heavy atom. The number of nitrogens with two attached hydrogens (primary N) is 1. The van der Waals surface area contributed by atoms with E-state index in [1.807, 2.05) is 0 Å². The Morgan fingerprint density at radius 2 is 1.75 bits per heavy atom. The van der Waals surface area contributed by atoms with E-state index >= 15 is 0 Å². The Labute approximate surface area is 76.3 Å². The quantitative estimate of drug-likeness (QED) is 0.413. The number of hydrogen-bond donors (Lipinski definition) is 1. The van der Waals surface area contributed by atoms with Crippen molar-refractivity contribution in [3.8, 4) is 0 Å². The van der Waals surface area contributed by atoms with Crippen molar-refractivity contribution in [1.82, 2.24) is 0 Å². The topological polar surface area (TPSA) is 53.7 Å². The van der Waals surface area contributed by atoms with Crippen LogP contribution < -0.4 is 5.73 Å². The summed E-state index contributed by atoms with van der Waals surface area (Å²) >= 11 is 0. The lowest BCUT2D eigenvalue weighted by Gasteiger charge is -2.14. The van der Waals surface area contributed by atoms with Gasteiger partial charge in [0.05, 0.1) is 13.2 Å². The van der Waals surface area contributed by atoms with Crippen LogP contribution in [0.25, 0.3) is 0 Å². The monoisotopic (exact) mass is 191 g/mol. The molecule has 72 valence electrons. The summed E-state index contributed by atoms with van der Waals surface area (Å²) in [7, 11) is 3.73. The first kappa shape index (κ1) is 12.1. The van der Waals surface area contributed by atoms with Crippen LogP contribution in [0.5, 0.6) is 0 Å². The highest BCUT2D eigenvalue weighted by Gasteiger charge is 2.07. The highest BCUT2D eigenvalue weighted by atomic mass is 28.2. The third kappa shape index (κ3) is 6.75. The van der Waals surface area contributed by atoms with Crippen molar-refractivity contribution in [1.29, 1.82) is 0 Å². The first-order valence-corrected chi connectivity index (χ1v) is 4.99. The van der Waals surface area contributed by atoms with Gasteiger partial charge in [-0.05, 0) is 0 Å². The number of ether oxygens (including phenoxy) is 2. The van der Waals surface area contributed by atoms with Crippen LogP contribution in [-0.2, 0) is 13.9 Å². The second kappa shape index (κ2) is 9.15. The zero-order chi connectivity index (χ0) is 9.23. The summed E-state index contributed by atoms with van der Waals surface area (Å²) in [6.45, 7) is 2.00. The lowest BCUT2D eigenvalue weighted by Crippen LogP contribution is -2.23. The van der Waals surface area contributed by atoms with Crippen LogP contribution in [-0.4, -0.2) is 50.0 Å². The van der Waals surface area contributed by atoms with Crippen molar-refractivity contribution in [3.05, 3.63) is 0 Å². The predicted octanol–water partition coefficient (Wildman–Crippen LogP) is -0.553. The van der Waals surface area contributed by atoms with Gasteiger partial charge in [-0.25, -0.2) is 0 Å². The molecule has 2 radical (unpaired) electrons. The van der Waals surface area contributed by atoms with Crippen LogP contribution in [0, 0.1) is 5.92 Å². The first-order chi connectivity index (χ1) is 5.85. The Kier molecular flexibility index (Phi) is 9.19. The fraction of sp³-hybridized carbons (Fsp3) is 1.00. The van der Waals surface area contributed by atoms with Crippen LogP contribution in [0.4, 0.5) is 0 Å². The van der Waals surface area contributed by atoms with Gasteiger partial charge in [-0.2, -0.15) is 0 Å². The minimum atomic E-state index is 0.319. The van der Waals surface area contributed by atoms with E-state index in [1.54, 1.807) is 14.2 Å². The molecule has 0 unspecified atom stereocenters. The number of methoxy groups -OCH3 is 2. The molecule has 0 spiro atoms. The molecule has 0 aliphatic heterocycles. The number of rotatable bonds is 8. The average molecular weight is 191 g/mol. The standard InChI is InChI=1S/C7H17NO3Si/c1-9-3-7(4-10-2)5-11-12-6-8/h7H,3-6,8H2,1-2H3. The molecule has 4 nitrogen and oxygen atoms in total. The summed E-state index contributed by atoms with van der Waals surface area (Å²) in [5.41, 5.74) is 5.29. The normalized spacial score (nSPS) is 11.0. The molecular formula is C7H17NO3Si. The van der Waals surface area contributed by atoms with Crippen LogP contribution in [0.1, 0.15) is 0 Å². The molecule has 0 aliphatic carbocycles. The minimum absolute atomic E-state index is 0.319. The van der Waals surface area contributed by atoms with E-state index in [2.05, 4.69) is 0 Å². The van der Waals surface area contributed by atoms with Crippen LogP contribution in [0.3, 0.4) is 0 Å². The van der Waals surface area contributed by atoms with Gasteiger partial charge in [0.1, 0.15) is 0 Å². The van der Waals surface area contributed by atoms with Crippen molar-refractivity contribution in [2.75, 3.05) is 40.2 Å². The fourth-order valence-electron chi connectivity index (χ4n) is 0.851. The second-order valence-corrected chi connectivity index (χ2v) is 3.42. The molecule has 0 aromatic heterocycles. The fourth-order valence-corrected chi connectivity index (χ4v) is 1.32. The van der Waals surface area contributed by atoms with Gasteiger partial charge in [0, 0.05) is 32.9 Å². The maximum Gasteiger partial charge on any atom is 0.244 e. The summed E-state index contributed by atoms with van der Waals surface area (Å²) in [6, 6.07) is 0. The summed E-state index contributed by atoms with van der Waals surface area (Å²) in [6.07, 6.45) is 0.590. The molecule has 0 saturated carbocycles. The molecule has 12 heavy (non-hydrogen) atoms. The van der Waals surface area contributed by atoms with E-state index in [1.165, 1.54) is 0 Å². The molecule has 2 N–H and O–H groups in total. The van der Waals surface area contributed by atoms with E-state index in [4.69, 9.17) is 19.6 Å². The average Bonchev–Trinajstić information content (AvgIpc) is 2.06. The van der Waals surface area contributed by atoms with Crippen molar-refractivity contribution >= 4 is 9.76 Å². The summed E-state index contributed by atoms with van der Waals surface area (Å²) in [5.74, 6) is 0.319. The Bertz CT molecular complexity index is 88.7. The lowest BCUT2D eigenvalue weighted by molar-refractivity contribution is 0.0588. The summed E-state index contributed by atoms with van der Waals surface area (Å²) in [4.78, 5) is 0. The van der Waals surface area contributed by atoms with Crippen LogP contribution in [0.2, 0.25) is 0 Å². The first-order valence-electron chi connectivity index (χ1n) is 3.87. The zero-order valence-electron chi connectivity index (χ0n) is 7.71. The Morgan fingerprint density at radius 3 is 2.17 bits per heavy atom. The Hall–Kier alpha value is 0.0569. The van der Waals surface area contributed by atoms with E-state index in [-0.39, 0.29) is 0 Å². The molecule has 0 saturated heterocycles. The molecule has 0 amide bonds. The van der Waals surface area contributed by atoms with Gasteiger partial charge in [-0.15, -0.1) is 0 Å². The Balaban J connectivity index is 3.34.